The number of halogens is 1. The second-order valence-corrected chi connectivity index (χ2v) is 7.72. The van der Waals surface area contributed by atoms with Gasteiger partial charge in [0.15, 0.2) is 0 Å². The number of hydrogen-bond donors (Lipinski definition) is 2. The van der Waals surface area contributed by atoms with Crippen molar-refractivity contribution in [3.8, 4) is 0 Å². The van der Waals surface area contributed by atoms with Gasteiger partial charge < -0.3 is 5.32 Å². The van der Waals surface area contributed by atoms with Crippen molar-refractivity contribution in [2.45, 2.75) is 51.6 Å². The molecule has 6 heteroatoms. The Morgan fingerprint density at radius 3 is 2.50 bits per heavy atom. The minimum absolute atomic E-state index is 0.348. The van der Waals surface area contributed by atoms with Gasteiger partial charge in [-0.05, 0) is 36.6 Å². The summed E-state index contributed by atoms with van der Waals surface area (Å²) in [6.07, 6.45) is 0.772. The fourth-order valence-corrected chi connectivity index (χ4v) is 3.81. The molecule has 0 bridgehead atoms. The standard InChI is InChI=1S/C14H23BrN2O2S/c1-5-6-17-20(18,19)14-8-12(9-16-10(2)3)7-13(15)11(14)4/h7-8,10,16-17H,5-6,9H2,1-4H3. The van der Waals surface area contributed by atoms with Crippen LogP contribution in [0.2, 0.25) is 0 Å². The number of sulfonamides is 1. The fourth-order valence-electron chi connectivity index (χ4n) is 1.72. The molecule has 0 aliphatic rings. The summed E-state index contributed by atoms with van der Waals surface area (Å²) in [6, 6.07) is 4.06. The van der Waals surface area contributed by atoms with Crippen molar-refractivity contribution in [1.82, 2.24) is 10.0 Å². The number of hydrogen-bond acceptors (Lipinski definition) is 3. The molecular formula is C14H23BrN2O2S. The Morgan fingerprint density at radius 1 is 1.30 bits per heavy atom. The summed E-state index contributed by atoms with van der Waals surface area (Å²) in [5, 5.41) is 3.29. The summed E-state index contributed by atoms with van der Waals surface area (Å²) < 4.78 is 28.0. The minimum atomic E-state index is -3.44. The van der Waals surface area contributed by atoms with E-state index < -0.39 is 10.0 Å². The van der Waals surface area contributed by atoms with Crippen molar-refractivity contribution >= 4 is 26.0 Å². The molecule has 0 amide bonds. The predicted octanol–water partition coefficient (Wildman–Crippen LogP) is 2.94. The minimum Gasteiger partial charge on any atom is -0.310 e. The second-order valence-electron chi connectivity index (χ2n) is 5.13. The van der Waals surface area contributed by atoms with Gasteiger partial charge in [0, 0.05) is 23.6 Å². The molecular weight excluding hydrogens is 340 g/mol. The van der Waals surface area contributed by atoms with E-state index in [1.165, 1.54) is 0 Å². The van der Waals surface area contributed by atoms with E-state index in [1.807, 2.05) is 19.9 Å². The highest BCUT2D eigenvalue weighted by Gasteiger charge is 2.18. The van der Waals surface area contributed by atoms with Gasteiger partial charge >= 0.3 is 0 Å². The molecule has 0 atom stereocenters. The Labute approximate surface area is 130 Å². The molecule has 4 nitrogen and oxygen atoms in total. The summed E-state index contributed by atoms with van der Waals surface area (Å²) in [6.45, 7) is 8.96. The molecule has 0 saturated heterocycles. The van der Waals surface area contributed by atoms with Gasteiger partial charge in [0.2, 0.25) is 10.0 Å². The smallest absolute Gasteiger partial charge is 0.240 e. The van der Waals surface area contributed by atoms with E-state index in [0.29, 0.717) is 24.0 Å². The molecule has 0 saturated carbocycles. The summed E-state index contributed by atoms with van der Waals surface area (Å²) in [7, 11) is -3.44. The largest absolute Gasteiger partial charge is 0.310 e. The van der Waals surface area contributed by atoms with Gasteiger partial charge in [-0.3, -0.25) is 0 Å². The number of rotatable bonds is 7. The van der Waals surface area contributed by atoms with E-state index in [2.05, 4.69) is 39.8 Å². The average molecular weight is 363 g/mol. The first-order valence-corrected chi connectivity index (χ1v) is 9.07. The molecule has 20 heavy (non-hydrogen) atoms. The van der Waals surface area contributed by atoms with E-state index in [-0.39, 0.29) is 0 Å². The summed E-state index contributed by atoms with van der Waals surface area (Å²) in [4.78, 5) is 0.348. The normalized spacial score (nSPS) is 12.1. The van der Waals surface area contributed by atoms with E-state index in [9.17, 15) is 8.42 Å². The Morgan fingerprint density at radius 2 is 1.95 bits per heavy atom. The summed E-state index contributed by atoms with van der Waals surface area (Å²) >= 11 is 3.44. The van der Waals surface area contributed by atoms with Crippen molar-refractivity contribution in [3.05, 3.63) is 27.7 Å². The summed E-state index contributed by atoms with van der Waals surface area (Å²) in [5.41, 5.74) is 1.69. The molecule has 0 spiro atoms. The van der Waals surface area contributed by atoms with Gasteiger partial charge in [-0.15, -0.1) is 0 Å². The van der Waals surface area contributed by atoms with Crippen LogP contribution >= 0.6 is 15.9 Å². The van der Waals surface area contributed by atoms with Crippen molar-refractivity contribution in [2.24, 2.45) is 0 Å². The first-order valence-electron chi connectivity index (χ1n) is 6.80. The molecule has 0 unspecified atom stereocenters. The molecule has 0 fully saturated rings. The third-order valence-corrected chi connectivity index (χ3v) is 5.31. The zero-order valence-corrected chi connectivity index (χ0v) is 14.9. The molecule has 2 N–H and O–H groups in total. The van der Waals surface area contributed by atoms with E-state index in [4.69, 9.17) is 0 Å². The van der Waals surface area contributed by atoms with Crippen molar-refractivity contribution in [3.63, 3.8) is 0 Å². The van der Waals surface area contributed by atoms with Gasteiger partial charge in [0.05, 0.1) is 4.90 Å². The molecule has 1 aromatic rings. The molecule has 0 radical (unpaired) electrons. The number of benzene rings is 1. The third-order valence-electron chi connectivity index (χ3n) is 2.90. The van der Waals surface area contributed by atoms with Gasteiger partial charge in [-0.25, -0.2) is 13.1 Å². The maximum Gasteiger partial charge on any atom is 0.240 e. The van der Waals surface area contributed by atoms with Crippen LogP contribution in [-0.2, 0) is 16.6 Å². The van der Waals surface area contributed by atoms with Crippen LogP contribution in [0, 0.1) is 6.92 Å². The van der Waals surface area contributed by atoms with Crippen LogP contribution < -0.4 is 10.0 Å². The Hall–Kier alpha value is -0.430. The van der Waals surface area contributed by atoms with Crippen LogP contribution in [0.1, 0.15) is 38.3 Å². The lowest BCUT2D eigenvalue weighted by Crippen LogP contribution is -2.26. The number of nitrogens with one attached hydrogen (secondary N) is 2. The Bertz CT molecular complexity index is 557. The monoisotopic (exact) mass is 362 g/mol. The van der Waals surface area contributed by atoms with Crippen LogP contribution in [-0.4, -0.2) is 21.0 Å². The zero-order chi connectivity index (χ0) is 15.3. The molecule has 0 heterocycles. The van der Waals surface area contributed by atoms with Crippen LogP contribution in [0.3, 0.4) is 0 Å². The predicted molar refractivity (Wildman–Crippen MR) is 86.3 cm³/mol. The second kappa shape index (κ2) is 7.54. The van der Waals surface area contributed by atoms with Crippen molar-refractivity contribution < 1.29 is 8.42 Å². The molecule has 0 aromatic heterocycles. The van der Waals surface area contributed by atoms with E-state index >= 15 is 0 Å². The molecule has 0 aliphatic heterocycles. The van der Waals surface area contributed by atoms with E-state index in [1.54, 1.807) is 6.07 Å². The van der Waals surface area contributed by atoms with Gasteiger partial charge in [-0.1, -0.05) is 36.7 Å². The third kappa shape index (κ3) is 4.84. The maximum absolute atomic E-state index is 12.3. The maximum atomic E-state index is 12.3. The highest BCUT2D eigenvalue weighted by atomic mass is 79.9. The lowest BCUT2D eigenvalue weighted by molar-refractivity contribution is 0.577. The van der Waals surface area contributed by atoms with Crippen molar-refractivity contribution in [1.29, 1.82) is 0 Å². The van der Waals surface area contributed by atoms with Crippen LogP contribution in [0.15, 0.2) is 21.5 Å². The van der Waals surface area contributed by atoms with Gasteiger partial charge in [-0.2, -0.15) is 0 Å². The Balaban J connectivity index is 3.12. The zero-order valence-electron chi connectivity index (χ0n) is 12.5. The lowest BCUT2D eigenvalue weighted by atomic mass is 10.1. The topological polar surface area (TPSA) is 58.2 Å². The molecule has 1 rings (SSSR count). The van der Waals surface area contributed by atoms with Gasteiger partial charge in [0.25, 0.3) is 0 Å². The van der Waals surface area contributed by atoms with Crippen LogP contribution in [0.5, 0.6) is 0 Å². The first-order chi connectivity index (χ1) is 9.27. The Kier molecular flexibility index (Phi) is 6.64. The molecule has 0 aliphatic carbocycles. The lowest BCUT2D eigenvalue weighted by Gasteiger charge is -2.14. The SMILES string of the molecule is CCCNS(=O)(=O)c1cc(CNC(C)C)cc(Br)c1C. The molecule has 114 valence electrons. The fraction of sp³-hybridized carbons (Fsp3) is 0.571. The average Bonchev–Trinajstić information content (AvgIpc) is 2.37. The highest BCUT2D eigenvalue weighted by Crippen LogP contribution is 2.25. The van der Waals surface area contributed by atoms with E-state index in [0.717, 1.165) is 22.0 Å². The highest BCUT2D eigenvalue weighted by molar-refractivity contribution is 9.10. The van der Waals surface area contributed by atoms with Crippen LogP contribution in [0.25, 0.3) is 0 Å². The molecule has 1 aromatic carbocycles. The first kappa shape index (κ1) is 17.6. The van der Waals surface area contributed by atoms with Crippen LogP contribution in [0.4, 0.5) is 0 Å². The van der Waals surface area contributed by atoms with Crippen molar-refractivity contribution in [2.75, 3.05) is 6.54 Å². The van der Waals surface area contributed by atoms with Gasteiger partial charge in [0.1, 0.15) is 0 Å². The summed E-state index contributed by atoms with van der Waals surface area (Å²) in [5.74, 6) is 0. The quantitative estimate of drug-likeness (QED) is 0.783.